The van der Waals surface area contributed by atoms with Gasteiger partial charge >= 0.3 is 0 Å². The molecule has 3 aromatic rings. The van der Waals surface area contributed by atoms with Crippen molar-refractivity contribution in [2.75, 3.05) is 19.6 Å². The normalized spacial score (nSPS) is 22.0. The summed E-state index contributed by atoms with van der Waals surface area (Å²) >= 11 is 1.81. The van der Waals surface area contributed by atoms with Crippen molar-refractivity contribution in [1.82, 2.24) is 9.88 Å². The highest BCUT2D eigenvalue weighted by atomic mass is 32.1. The summed E-state index contributed by atoms with van der Waals surface area (Å²) in [5.74, 6) is 1.07. The fourth-order valence-electron chi connectivity index (χ4n) is 3.59. The quantitative estimate of drug-likeness (QED) is 0.799. The Balaban J connectivity index is 1.52. The van der Waals surface area contributed by atoms with Crippen LogP contribution in [0.2, 0.25) is 0 Å². The first-order valence-electron chi connectivity index (χ1n) is 8.15. The number of hydrogen-bond donors (Lipinski definition) is 1. The first-order valence-corrected chi connectivity index (χ1v) is 8.97. The molecule has 1 aromatic heterocycles. The second-order valence-corrected chi connectivity index (χ2v) is 7.40. The van der Waals surface area contributed by atoms with Gasteiger partial charge in [0, 0.05) is 19.0 Å². The highest BCUT2D eigenvalue weighted by Crippen LogP contribution is 2.33. The molecule has 1 aliphatic rings. The molecule has 23 heavy (non-hydrogen) atoms. The van der Waals surface area contributed by atoms with E-state index >= 15 is 0 Å². The molecule has 1 fully saturated rings. The molecule has 2 aromatic carbocycles. The van der Waals surface area contributed by atoms with Gasteiger partial charge in [-0.15, -0.1) is 11.3 Å². The summed E-state index contributed by atoms with van der Waals surface area (Å²) in [6.07, 6.45) is 0. The molecular formula is C19H21N3S. The maximum absolute atomic E-state index is 6.04. The highest BCUT2D eigenvalue weighted by Gasteiger charge is 2.33. The lowest BCUT2D eigenvalue weighted by atomic mass is 9.89. The van der Waals surface area contributed by atoms with Gasteiger partial charge in [-0.3, -0.25) is 4.90 Å². The standard InChI is InChI=1S/C19H21N3S/c20-10-15-11-22(12-16(15)14-6-2-1-3-7-14)13-19-21-17-8-4-5-9-18(17)23-19/h1-9,15-16H,10-13,20H2/t15-,16+/m1/s1. The fraction of sp³-hybridized carbons (Fsp3) is 0.316. The third kappa shape index (κ3) is 3.02. The second-order valence-electron chi connectivity index (χ2n) is 6.28. The van der Waals surface area contributed by atoms with Crippen LogP contribution in [0.1, 0.15) is 16.5 Å². The molecule has 0 aliphatic carbocycles. The number of hydrogen-bond acceptors (Lipinski definition) is 4. The number of likely N-dealkylation sites (tertiary alicyclic amines) is 1. The van der Waals surface area contributed by atoms with E-state index in [0.717, 1.165) is 31.7 Å². The van der Waals surface area contributed by atoms with E-state index in [-0.39, 0.29) is 0 Å². The number of nitrogens with two attached hydrogens (primary N) is 1. The van der Waals surface area contributed by atoms with Crippen molar-refractivity contribution in [3.63, 3.8) is 0 Å². The van der Waals surface area contributed by atoms with E-state index < -0.39 is 0 Å². The third-order valence-corrected chi connectivity index (χ3v) is 5.77. The van der Waals surface area contributed by atoms with Crippen molar-refractivity contribution < 1.29 is 0 Å². The molecule has 2 N–H and O–H groups in total. The van der Waals surface area contributed by atoms with Crippen LogP contribution in [0.4, 0.5) is 0 Å². The molecule has 0 saturated carbocycles. The smallest absolute Gasteiger partial charge is 0.108 e. The van der Waals surface area contributed by atoms with Gasteiger partial charge in [0.2, 0.25) is 0 Å². The van der Waals surface area contributed by atoms with Crippen LogP contribution in [0.5, 0.6) is 0 Å². The molecule has 0 radical (unpaired) electrons. The summed E-state index contributed by atoms with van der Waals surface area (Å²) in [6.45, 7) is 3.81. The molecule has 118 valence electrons. The number of rotatable bonds is 4. The molecular weight excluding hydrogens is 302 g/mol. The van der Waals surface area contributed by atoms with Crippen LogP contribution in [-0.4, -0.2) is 29.5 Å². The number of thiazole rings is 1. The highest BCUT2D eigenvalue weighted by molar-refractivity contribution is 7.18. The average molecular weight is 323 g/mol. The van der Waals surface area contributed by atoms with E-state index in [0.29, 0.717) is 11.8 Å². The second kappa shape index (κ2) is 6.40. The van der Waals surface area contributed by atoms with E-state index in [2.05, 4.69) is 59.5 Å². The maximum atomic E-state index is 6.04. The van der Waals surface area contributed by atoms with Crippen molar-refractivity contribution >= 4 is 21.6 Å². The minimum Gasteiger partial charge on any atom is -0.330 e. The van der Waals surface area contributed by atoms with E-state index in [1.807, 2.05) is 0 Å². The Labute approximate surface area is 140 Å². The summed E-state index contributed by atoms with van der Waals surface area (Å²) < 4.78 is 1.27. The zero-order chi connectivity index (χ0) is 15.6. The molecule has 2 atom stereocenters. The predicted octanol–water partition coefficient (Wildman–Crippen LogP) is 3.47. The molecule has 0 spiro atoms. The number of para-hydroxylation sites is 1. The minimum absolute atomic E-state index is 0.534. The first kappa shape index (κ1) is 14.8. The molecule has 0 bridgehead atoms. The van der Waals surface area contributed by atoms with Crippen LogP contribution in [0.25, 0.3) is 10.2 Å². The lowest BCUT2D eigenvalue weighted by Crippen LogP contribution is -2.23. The Morgan fingerprint density at radius 2 is 1.83 bits per heavy atom. The van der Waals surface area contributed by atoms with Gasteiger partial charge in [0.25, 0.3) is 0 Å². The Morgan fingerprint density at radius 1 is 1.04 bits per heavy atom. The van der Waals surface area contributed by atoms with Crippen molar-refractivity contribution in [1.29, 1.82) is 0 Å². The molecule has 4 rings (SSSR count). The van der Waals surface area contributed by atoms with E-state index in [1.165, 1.54) is 15.3 Å². The van der Waals surface area contributed by atoms with Crippen LogP contribution in [0.3, 0.4) is 0 Å². The van der Waals surface area contributed by atoms with Crippen LogP contribution in [0, 0.1) is 5.92 Å². The van der Waals surface area contributed by atoms with Gasteiger partial charge in [0.15, 0.2) is 0 Å². The lowest BCUT2D eigenvalue weighted by Gasteiger charge is -2.16. The number of aromatic nitrogens is 1. The van der Waals surface area contributed by atoms with Crippen LogP contribution in [-0.2, 0) is 6.54 Å². The number of benzene rings is 2. The monoisotopic (exact) mass is 323 g/mol. The van der Waals surface area contributed by atoms with E-state index in [1.54, 1.807) is 11.3 Å². The van der Waals surface area contributed by atoms with E-state index in [4.69, 9.17) is 10.7 Å². The summed E-state index contributed by atoms with van der Waals surface area (Å²) in [5, 5.41) is 1.20. The van der Waals surface area contributed by atoms with Gasteiger partial charge in [-0.05, 0) is 30.2 Å². The SMILES string of the molecule is NC[C@@H]1CN(Cc2nc3ccccc3s2)C[C@H]1c1ccccc1. The van der Waals surface area contributed by atoms with Gasteiger partial charge < -0.3 is 5.73 Å². The number of nitrogens with zero attached hydrogens (tertiary/aromatic N) is 2. The van der Waals surface area contributed by atoms with E-state index in [9.17, 15) is 0 Å². The molecule has 3 nitrogen and oxygen atoms in total. The van der Waals surface area contributed by atoms with Crippen LogP contribution >= 0.6 is 11.3 Å². The largest absolute Gasteiger partial charge is 0.330 e. The zero-order valence-electron chi connectivity index (χ0n) is 13.1. The van der Waals surface area contributed by atoms with Gasteiger partial charge in [0.1, 0.15) is 5.01 Å². The topological polar surface area (TPSA) is 42.1 Å². The van der Waals surface area contributed by atoms with Crippen LogP contribution < -0.4 is 5.73 Å². The average Bonchev–Trinajstić information content (AvgIpc) is 3.19. The summed E-state index contributed by atoms with van der Waals surface area (Å²) in [6, 6.07) is 19.2. The Bertz CT molecular complexity index is 750. The summed E-state index contributed by atoms with van der Waals surface area (Å²) in [5.41, 5.74) is 8.56. The molecule has 1 saturated heterocycles. The maximum Gasteiger partial charge on any atom is 0.108 e. The van der Waals surface area contributed by atoms with Crippen LogP contribution in [0.15, 0.2) is 54.6 Å². The summed E-state index contributed by atoms with van der Waals surface area (Å²) in [7, 11) is 0. The number of fused-ring (bicyclic) bond motifs is 1. The van der Waals surface area contributed by atoms with Gasteiger partial charge in [-0.25, -0.2) is 4.98 Å². The first-order chi connectivity index (χ1) is 11.3. The Kier molecular flexibility index (Phi) is 4.12. The van der Waals surface area contributed by atoms with Gasteiger partial charge in [-0.1, -0.05) is 42.5 Å². The molecule has 1 aliphatic heterocycles. The molecule has 0 amide bonds. The lowest BCUT2D eigenvalue weighted by molar-refractivity contribution is 0.316. The zero-order valence-corrected chi connectivity index (χ0v) is 13.9. The van der Waals surface area contributed by atoms with Gasteiger partial charge in [0.05, 0.1) is 16.8 Å². The summed E-state index contributed by atoms with van der Waals surface area (Å²) in [4.78, 5) is 7.28. The molecule has 2 heterocycles. The van der Waals surface area contributed by atoms with Gasteiger partial charge in [-0.2, -0.15) is 0 Å². The molecule has 0 unspecified atom stereocenters. The van der Waals surface area contributed by atoms with Crippen molar-refractivity contribution in [3.05, 3.63) is 65.2 Å². The Morgan fingerprint density at radius 3 is 2.61 bits per heavy atom. The Hall–Kier alpha value is -1.75. The molecule has 4 heteroatoms. The predicted molar refractivity (Wildman–Crippen MR) is 96.6 cm³/mol. The fourth-order valence-corrected chi connectivity index (χ4v) is 4.60. The van der Waals surface area contributed by atoms with Crippen molar-refractivity contribution in [2.45, 2.75) is 12.5 Å². The third-order valence-electron chi connectivity index (χ3n) is 4.74. The van der Waals surface area contributed by atoms with Crippen molar-refractivity contribution in [3.8, 4) is 0 Å². The minimum atomic E-state index is 0.534. The van der Waals surface area contributed by atoms with Crippen molar-refractivity contribution in [2.24, 2.45) is 11.7 Å².